The molecule has 2 nitrogen and oxygen atoms in total. The van der Waals surface area contributed by atoms with Crippen molar-refractivity contribution in [1.29, 1.82) is 0 Å². The van der Waals surface area contributed by atoms with Gasteiger partial charge in [-0.05, 0) is 55.1 Å². The third-order valence-corrected chi connectivity index (χ3v) is 4.38. The Labute approximate surface area is 121 Å². The Morgan fingerprint density at radius 3 is 2.63 bits per heavy atom. The Morgan fingerprint density at radius 1 is 1.16 bits per heavy atom. The van der Waals surface area contributed by atoms with Crippen molar-refractivity contribution in [3.63, 3.8) is 0 Å². The molecule has 1 aliphatic rings. The van der Waals surface area contributed by atoms with Crippen LogP contribution in [0, 0.1) is 3.95 Å². The van der Waals surface area contributed by atoms with Crippen LogP contribution < -0.4 is 4.74 Å². The molecular weight excluding hydrogens is 274 g/mol. The largest absolute Gasteiger partial charge is 0.497 e. The maximum atomic E-state index is 5.49. The zero-order valence-corrected chi connectivity index (χ0v) is 12.1. The van der Waals surface area contributed by atoms with Crippen LogP contribution in [0.4, 0.5) is 0 Å². The van der Waals surface area contributed by atoms with Gasteiger partial charge in [0.1, 0.15) is 5.75 Å². The summed E-state index contributed by atoms with van der Waals surface area (Å²) >= 11 is 7.13. The Balaban J connectivity index is 2.17. The highest BCUT2D eigenvalue weighted by Gasteiger charge is 2.11. The summed E-state index contributed by atoms with van der Waals surface area (Å²) < 4.78 is 8.17. The zero-order valence-electron chi connectivity index (χ0n) is 10.5. The van der Waals surface area contributed by atoms with E-state index in [1.54, 1.807) is 18.4 Å². The summed E-state index contributed by atoms with van der Waals surface area (Å²) in [5.74, 6) is 0.854. The molecule has 0 N–H and O–H groups in total. The summed E-state index contributed by atoms with van der Waals surface area (Å²) in [4.78, 5) is 1.22. The first kappa shape index (κ1) is 12.4. The fourth-order valence-corrected chi connectivity index (χ4v) is 3.47. The SMILES string of the molecule is COc1ccc(-n2c3c(sc2=S)C=CCC=C3)cc1. The van der Waals surface area contributed by atoms with Gasteiger partial charge in [0.15, 0.2) is 3.95 Å². The second-order valence-corrected chi connectivity index (χ2v) is 5.87. The number of ether oxygens (including phenoxy) is 1. The topological polar surface area (TPSA) is 14.2 Å². The van der Waals surface area contributed by atoms with Crippen LogP contribution in [0.2, 0.25) is 0 Å². The highest BCUT2D eigenvalue weighted by molar-refractivity contribution is 7.73. The fraction of sp³-hybridized carbons (Fsp3) is 0.133. The van der Waals surface area contributed by atoms with E-state index in [0.717, 1.165) is 27.5 Å². The molecule has 0 saturated carbocycles. The molecular formula is C15H13NOS2. The molecule has 0 fully saturated rings. The number of methoxy groups -OCH3 is 1. The van der Waals surface area contributed by atoms with Gasteiger partial charge in [-0.3, -0.25) is 4.57 Å². The lowest BCUT2D eigenvalue weighted by Gasteiger charge is -2.07. The number of benzene rings is 1. The quantitative estimate of drug-likeness (QED) is 0.743. The summed E-state index contributed by atoms with van der Waals surface area (Å²) in [6, 6.07) is 7.98. The molecule has 0 saturated heterocycles. The highest BCUT2D eigenvalue weighted by Crippen LogP contribution is 2.29. The lowest BCUT2D eigenvalue weighted by Crippen LogP contribution is -1.97. The first-order chi connectivity index (χ1) is 9.29. The molecule has 0 amide bonds. The van der Waals surface area contributed by atoms with E-state index in [-0.39, 0.29) is 0 Å². The lowest BCUT2D eigenvalue weighted by atomic mass is 10.2. The van der Waals surface area contributed by atoms with Crippen molar-refractivity contribution in [2.24, 2.45) is 0 Å². The molecule has 1 heterocycles. The van der Waals surface area contributed by atoms with Crippen LogP contribution in [0.5, 0.6) is 5.75 Å². The first-order valence-corrected chi connectivity index (χ1v) is 7.25. The molecule has 96 valence electrons. The predicted molar refractivity (Wildman–Crippen MR) is 83.7 cm³/mol. The predicted octanol–water partition coefficient (Wildman–Crippen LogP) is 4.71. The van der Waals surface area contributed by atoms with Crippen molar-refractivity contribution in [1.82, 2.24) is 4.57 Å². The molecule has 0 radical (unpaired) electrons. The van der Waals surface area contributed by atoms with E-state index in [0.29, 0.717) is 0 Å². The van der Waals surface area contributed by atoms with Crippen LogP contribution in [0.1, 0.15) is 17.0 Å². The summed E-state index contributed by atoms with van der Waals surface area (Å²) in [6.07, 6.45) is 9.58. The minimum absolute atomic E-state index is 0.854. The first-order valence-electron chi connectivity index (χ1n) is 6.03. The average molecular weight is 287 g/mol. The molecule has 3 rings (SSSR count). The third-order valence-electron chi connectivity index (χ3n) is 3.02. The van der Waals surface area contributed by atoms with Crippen LogP contribution in [0.15, 0.2) is 36.4 Å². The normalized spacial score (nSPS) is 13.1. The smallest absolute Gasteiger partial charge is 0.166 e. The van der Waals surface area contributed by atoms with Crippen molar-refractivity contribution >= 4 is 35.7 Å². The number of allylic oxidation sites excluding steroid dienone is 2. The maximum absolute atomic E-state index is 5.49. The van der Waals surface area contributed by atoms with Crippen molar-refractivity contribution < 1.29 is 4.74 Å². The van der Waals surface area contributed by atoms with E-state index < -0.39 is 0 Å². The van der Waals surface area contributed by atoms with Gasteiger partial charge < -0.3 is 4.74 Å². The minimum atomic E-state index is 0.854. The maximum Gasteiger partial charge on any atom is 0.166 e. The molecule has 1 aliphatic carbocycles. The van der Waals surface area contributed by atoms with Gasteiger partial charge in [0.25, 0.3) is 0 Å². The number of hydrogen-bond donors (Lipinski definition) is 0. The van der Waals surface area contributed by atoms with E-state index in [4.69, 9.17) is 17.0 Å². The Kier molecular flexibility index (Phi) is 3.36. The van der Waals surface area contributed by atoms with Gasteiger partial charge in [0.05, 0.1) is 17.7 Å². The number of thiazole rings is 1. The molecule has 0 aliphatic heterocycles. The van der Waals surface area contributed by atoms with Gasteiger partial charge in [-0.25, -0.2) is 0 Å². The van der Waals surface area contributed by atoms with Crippen LogP contribution in [-0.2, 0) is 0 Å². The molecule has 0 bridgehead atoms. The fourth-order valence-electron chi connectivity index (χ4n) is 2.09. The highest BCUT2D eigenvalue weighted by atomic mass is 32.1. The molecule has 1 aromatic heterocycles. The summed E-state index contributed by atoms with van der Waals surface area (Å²) in [5, 5.41) is 0. The van der Waals surface area contributed by atoms with E-state index in [9.17, 15) is 0 Å². The van der Waals surface area contributed by atoms with Crippen molar-refractivity contribution in [2.75, 3.05) is 7.11 Å². The Morgan fingerprint density at radius 2 is 1.89 bits per heavy atom. The zero-order chi connectivity index (χ0) is 13.2. The van der Waals surface area contributed by atoms with Gasteiger partial charge in [0, 0.05) is 5.69 Å². The Bertz CT molecular complexity index is 705. The number of rotatable bonds is 2. The molecule has 0 atom stereocenters. The van der Waals surface area contributed by atoms with Gasteiger partial charge in [-0.15, -0.1) is 11.3 Å². The van der Waals surface area contributed by atoms with Crippen molar-refractivity contribution in [2.45, 2.75) is 6.42 Å². The van der Waals surface area contributed by atoms with Gasteiger partial charge in [-0.2, -0.15) is 0 Å². The summed E-state index contributed by atoms with van der Waals surface area (Å²) in [7, 11) is 1.67. The summed E-state index contributed by atoms with van der Waals surface area (Å²) in [6.45, 7) is 0. The molecule has 4 heteroatoms. The molecule has 19 heavy (non-hydrogen) atoms. The number of nitrogens with zero attached hydrogens (tertiary/aromatic N) is 1. The molecule has 1 aromatic carbocycles. The number of hydrogen-bond acceptors (Lipinski definition) is 3. The monoisotopic (exact) mass is 287 g/mol. The third kappa shape index (κ3) is 2.29. The summed E-state index contributed by atoms with van der Waals surface area (Å²) in [5.41, 5.74) is 2.23. The van der Waals surface area contributed by atoms with Gasteiger partial charge in [0.2, 0.25) is 0 Å². The average Bonchev–Trinajstić information content (AvgIpc) is 2.61. The van der Waals surface area contributed by atoms with Crippen LogP contribution >= 0.6 is 23.6 Å². The van der Waals surface area contributed by atoms with Crippen LogP contribution in [-0.4, -0.2) is 11.7 Å². The van der Waals surface area contributed by atoms with Gasteiger partial charge in [-0.1, -0.05) is 12.2 Å². The second-order valence-electron chi connectivity index (χ2n) is 4.19. The number of fused-ring (bicyclic) bond motifs is 1. The molecule has 0 unspecified atom stereocenters. The second kappa shape index (κ2) is 5.15. The van der Waals surface area contributed by atoms with E-state index in [1.807, 2.05) is 24.3 Å². The van der Waals surface area contributed by atoms with E-state index >= 15 is 0 Å². The van der Waals surface area contributed by atoms with Crippen LogP contribution in [0.3, 0.4) is 0 Å². The van der Waals surface area contributed by atoms with Crippen molar-refractivity contribution in [3.8, 4) is 11.4 Å². The number of aromatic nitrogens is 1. The van der Waals surface area contributed by atoms with Gasteiger partial charge >= 0.3 is 0 Å². The van der Waals surface area contributed by atoms with E-state index in [2.05, 4.69) is 28.9 Å². The molecule has 2 aromatic rings. The standard InChI is InChI=1S/C15H13NOS2/c1-17-12-9-7-11(8-10-12)16-13-5-3-2-4-6-14(13)19-15(16)18/h3-10H,2H2,1H3. The molecule has 0 spiro atoms. The lowest BCUT2D eigenvalue weighted by molar-refractivity contribution is 0.414. The van der Waals surface area contributed by atoms with Crippen molar-refractivity contribution in [3.05, 3.63) is 50.9 Å². The minimum Gasteiger partial charge on any atom is -0.497 e. The van der Waals surface area contributed by atoms with E-state index in [1.165, 1.54) is 4.88 Å². The van der Waals surface area contributed by atoms with Crippen LogP contribution in [0.25, 0.3) is 17.8 Å². The Hall–Kier alpha value is -1.65.